The highest BCUT2D eigenvalue weighted by Gasteiger charge is 2.36. The first-order valence-electron chi connectivity index (χ1n) is 12.8. The maximum absolute atomic E-state index is 13.7. The predicted octanol–water partition coefficient (Wildman–Crippen LogP) is 4.00. The molecule has 0 spiro atoms. The highest BCUT2D eigenvalue weighted by molar-refractivity contribution is 5.92. The number of nitrogens with one attached hydrogen (secondary N) is 2. The van der Waals surface area contributed by atoms with Crippen LogP contribution in [-0.4, -0.2) is 58.8 Å². The Morgan fingerprint density at radius 3 is 2.43 bits per heavy atom. The Hall–Kier alpha value is -2.61. The zero-order valence-corrected chi connectivity index (χ0v) is 21.9. The van der Waals surface area contributed by atoms with Gasteiger partial charge in [0.2, 0.25) is 11.8 Å². The molecule has 3 N–H and O–H groups in total. The van der Waals surface area contributed by atoms with Crippen molar-refractivity contribution in [3.8, 4) is 0 Å². The Balaban J connectivity index is 2.37. The molecular formula is C27H43N3O5. The van der Waals surface area contributed by atoms with Crippen LogP contribution < -0.4 is 10.6 Å². The van der Waals surface area contributed by atoms with Gasteiger partial charge in [0, 0.05) is 12.6 Å². The zero-order chi connectivity index (χ0) is 26.0. The van der Waals surface area contributed by atoms with Gasteiger partial charge in [-0.15, -0.1) is 0 Å². The Morgan fingerprint density at radius 2 is 1.86 bits per heavy atom. The lowest BCUT2D eigenvalue weighted by molar-refractivity contribution is -0.143. The monoisotopic (exact) mass is 489 g/mol. The third-order valence-corrected chi connectivity index (χ3v) is 6.08. The largest absolute Gasteiger partial charge is 0.444 e. The highest BCUT2D eigenvalue weighted by atomic mass is 16.6. The summed E-state index contributed by atoms with van der Waals surface area (Å²) in [4.78, 5) is 41.2. The molecule has 1 aliphatic carbocycles. The van der Waals surface area contributed by atoms with Crippen molar-refractivity contribution in [2.24, 2.45) is 0 Å². The Bertz CT molecular complexity index is 845. The zero-order valence-electron chi connectivity index (χ0n) is 21.9. The third-order valence-electron chi connectivity index (χ3n) is 6.08. The van der Waals surface area contributed by atoms with Crippen molar-refractivity contribution in [2.75, 3.05) is 13.2 Å². The van der Waals surface area contributed by atoms with Crippen LogP contribution in [0, 0.1) is 6.92 Å². The predicted molar refractivity (Wildman–Crippen MR) is 136 cm³/mol. The summed E-state index contributed by atoms with van der Waals surface area (Å²) in [5.41, 5.74) is 0.933. The number of nitrogens with zero attached hydrogens (tertiary/aromatic N) is 1. The van der Waals surface area contributed by atoms with Gasteiger partial charge in [-0.3, -0.25) is 9.59 Å². The van der Waals surface area contributed by atoms with Crippen LogP contribution in [0.2, 0.25) is 0 Å². The summed E-state index contributed by atoms with van der Waals surface area (Å²) in [7, 11) is 0. The maximum Gasteiger partial charge on any atom is 0.408 e. The van der Waals surface area contributed by atoms with E-state index in [1.807, 2.05) is 38.1 Å². The first kappa shape index (κ1) is 28.6. The second-order valence-electron chi connectivity index (χ2n) is 10.4. The van der Waals surface area contributed by atoms with E-state index in [1.165, 1.54) is 11.3 Å². The van der Waals surface area contributed by atoms with E-state index >= 15 is 0 Å². The second-order valence-corrected chi connectivity index (χ2v) is 10.4. The number of aliphatic hydroxyl groups excluding tert-OH is 1. The molecule has 2 rings (SSSR count). The van der Waals surface area contributed by atoms with Crippen molar-refractivity contribution < 1.29 is 24.2 Å². The number of amides is 3. The van der Waals surface area contributed by atoms with Crippen molar-refractivity contribution >= 4 is 17.9 Å². The second kappa shape index (κ2) is 13.5. The summed E-state index contributed by atoms with van der Waals surface area (Å²) in [6.07, 6.45) is 5.87. The van der Waals surface area contributed by atoms with E-state index in [0.717, 1.165) is 37.7 Å². The average molecular weight is 490 g/mol. The normalized spacial score (nSPS) is 16.2. The molecular weight excluding hydrogens is 446 g/mol. The number of ether oxygens (including phenoxy) is 1. The van der Waals surface area contributed by atoms with E-state index < -0.39 is 36.3 Å². The van der Waals surface area contributed by atoms with Crippen LogP contribution in [0.25, 0.3) is 0 Å². The SMILES string of the molecule is CCCCN(C(=O)C(CO)NC(=O)OC(C)(C)C)C(C(=O)NC1CCCCC1)c1cccc(C)c1. The van der Waals surface area contributed by atoms with Gasteiger partial charge in [0.25, 0.3) is 0 Å². The molecule has 0 aromatic heterocycles. The van der Waals surface area contributed by atoms with Gasteiger partial charge in [-0.1, -0.05) is 62.4 Å². The van der Waals surface area contributed by atoms with Crippen LogP contribution >= 0.6 is 0 Å². The van der Waals surface area contributed by atoms with E-state index in [0.29, 0.717) is 18.5 Å². The van der Waals surface area contributed by atoms with Crippen LogP contribution in [0.4, 0.5) is 4.79 Å². The van der Waals surface area contributed by atoms with Crippen LogP contribution in [0.15, 0.2) is 24.3 Å². The number of carbonyl (C=O) groups is 3. The molecule has 35 heavy (non-hydrogen) atoms. The van der Waals surface area contributed by atoms with E-state index in [1.54, 1.807) is 20.8 Å². The van der Waals surface area contributed by atoms with Crippen LogP contribution in [-0.2, 0) is 14.3 Å². The lowest BCUT2D eigenvalue weighted by atomic mass is 9.94. The fraction of sp³-hybridized carbons (Fsp3) is 0.667. The van der Waals surface area contributed by atoms with Crippen LogP contribution in [0.5, 0.6) is 0 Å². The number of hydrogen-bond donors (Lipinski definition) is 3. The van der Waals surface area contributed by atoms with E-state index in [2.05, 4.69) is 10.6 Å². The van der Waals surface area contributed by atoms with Gasteiger partial charge >= 0.3 is 6.09 Å². The minimum absolute atomic E-state index is 0.0835. The van der Waals surface area contributed by atoms with Crippen molar-refractivity contribution in [3.05, 3.63) is 35.4 Å². The number of rotatable bonds is 10. The molecule has 0 heterocycles. The van der Waals surface area contributed by atoms with Crippen LogP contribution in [0.3, 0.4) is 0 Å². The quantitative estimate of drug-likeness (QED) is 0.460. The molecule has 2 unspecified atom stereocenters. The van der Waals surface area contributed by atoms with Gasteiger partial charge in [-0.2, -0.15) is 0 Å². The molecule has 0 saturated heterocycles. The highest BCUT2D eigenvalue weighted by Crippen LogP contribution is 2.26. The van der Waals surface area contributed by atoms with Gasteiger partial charge in [0.1, 0.15) is 17.7 Å². The molecule has 1 aromatic rings. The van der Waals surface area contributed by atoms with Gasteiger partial charge in [0.15, 0.2) is 0 Å². The fourth-order valence-corrected chi connectivity index (χ4v) is 4.37. The lowest BCUT2D eigenvalue weighted by Gasteiger charge is -2.35. The van der Waals surface area contributed by atoms with Gasteiger partial charge in [0.05, 0.1) is 6.61 Å². The molecule has 1 fully saturated rings. The average Bonchev–Trinajstić information content (AvgIpc) is 2.79. The van der Waals surface area contributed by atoms with E-state index in [4.69, 9.17) is 4.74 Å². The van der Waals surface area contributed by atoms with Gasteiger partial charge < -0.3 is 25.4 Å². The fourth-order valence-electron chi connectivity index (χ4n) is 4.37. The minimum Gasteiger partial charge on any atom is -0.444 e. The number of carbonyl (C=O) groups excluding carboxylic acids is 3. The van der Waals surface area contributed by atoms with E-state index in [-0.39, 0.29) is 11.9 Å². The number of benzene rings is 1. The molecule has 3 amide bonds. The maximum atomic E-state index is 13.7. The summed E-state index contributed by atoms with van der Waals surface area (Å²) in [5.74, 6) is -0.752. The molecule has 1 aliphatic rings. The topological polar surface area (TPSA) is 108 Å². The molecule has 196 valence electrons. The molecule has 0 bridgehead atoms. The number of aryl methyl sites for hydroxylation is 1. The van der Waals surface area contributed by atoms with Crippen molar-refractivity contribution in [1.29, 1.82) is 0 Å². The van der Waals surface area contributed by atoms with Gasteiger partial charge in [-0.05, 0) is 52.5 Å². The van der Waals surface area contributed by atoms with Crippen LogP contribution in [0.1, 0.15) is 89.8 Å². The molecule has 1 saturated carbocycles. The molecule has 8 nitrogen and oxygen atoms in total. The molecule has 8 heteroatoms. The number of alkyl carbamates (subject to hydrolysis) is 1. The molecule has 0 aliphatic heterocycles. The number of unbranched alkanes of at least 4 members (excludes halogenated alkanes) is 1. The van der Waals surface area contributed by atoms with E-state index in [9.17, 15) is 19.5 Å². The minimum atomic E-state index is -1.23. The Morgan fingerprint density at radius 1 is 1.17 bits per heavy atom. The Kier molecular flexibility index (Phi) is 11.0. The smallest absolute Gasteiger partial charge is 0.408 e. The summed E-state index contributed by atoms with van der Waals surface area (Å²) in [6.45, 7) is 8.83. The summed E-state index contributed by atoms with van der Waals surface area (Å²) >= 11 is 0. The molecule has 0 radical (unpaired) electrons. The first-order chi connectivity index (χ1) is 16.6. The number of hydrogen-bond acceptors (Lipinski definition) is 5. The summed E-state index contributed by atoms with van der Waals surface area (Å²) in [5, 5.41) is 15.6. The number of aliphatic hydroxyl groups is 1. The van der Waals surface area contributed by atoms with Gasteiger partial charge in [-0.25, -0.2) is 4.79 Å². The summed E-state index contributed by atoms with van der Waals surface area (Å²) < 4.78 is 5.28. The summed E-state index contributed by atoms with van der Waals surface area (Å²) in [6, 6.07) is 5.56. The lowest BCUT2D eigenvalue weighted by Crippen LogP contribution is -2.55. The molecule has 1 aromatic carbocycles. The first-order valence-corrected chi connectivity index (χ1v) is 12.8. The van der Waals surface area contributed by atoms with Crippen molar-refractivity contribution in [2.45, 2.75) is 103 Å². The van der Waals surface area contributed by atoms with Crippen molar-refractivity contribution in [3.63, 3.8) is 0 Å². The standard InChI is InChI=1S/C27H43N3O5/c1-6-7-16-30(25(33)22(18-31)29-26(34)35-27(3,4)5)23(20-13-11-12-19(2)17-20)24(32)28-21-14-9-8-10-15-21/h11-13,17,21-23,31H,6-10,14-16,18H2,1-5H3,(H,28,32)(H,29,34). The third kappa shape index (κ3) is 9.17. The Labute approximate surface area is 209 Å². The van der Waals surface area contributed by atoms with Crippen molar-refractivity contribution in [1.82, 2.24) is 15.5 Å². The molecule has 2 atom stereocenters.